The smallest absolute Gasteiger partial charge is 0.145 e. The quantitative estimate of drug-likeness (QED) is 0.754. The normalized spacial score (nSPS) is 11.9. The summed E-state index contributed by atoms with van der Waals surface area (Å²) in [6, 6.07) is 1.92. The van der Waals surface area contributed by atoms with Crippen molar-refractivity contribution < 1.29 is 4.39 Å². The van der Waals surface area contributed by atoms with E-state index in [1.54, 1.807) is 4.52 Å². The van der Waals surface area contributed by atoms with E-state index in [0.717, 1.165) is 11.1 Å². The van der Waals surface area contributed by atoms with Gasteiger partial charge in [-0.15, -0.1) is 0 Å². The molecule has 86 valence electrons. The van der Waals surface area contributed by atoms with Gasteiger partial charge in [-0.1, -0.05) is 27.7 Å². The zero-order valence-corrected chi connectivity index (χ0v) is 10.2. The van der Waals surface area contributed by atoms with Crippen LogP contribution in [0.2, 0.25) is 0 Å². The van der Waals surface area contributed by atoms with Crippen LogP contribution in [-0.4, -0.2) is 9.61 Å². The number of aromatic nitrogens is 2. The van der Waals surface area contributed by atoms with Crippen LogP contribution in [0.3, 0.4) is 0 Å². The number of pyridine rings is 1. The van der Waals surface area contributed by atoms with Gasteiger partial charge in [-0.3, -0.25) is 0 Å². The van der Waals surface area contributed by atoms with Gasteiger partial charge in [0.1, 0.15) is 5.82 Å². The lowest BCUT2D eigenvalue weighted by molar-refractivity contribution is 0.586. The van der Waals surface area contributed by atoms with Gasteiger partial charge in [0.2, 0.25) is 0 Å². The molecule has 0 bridgehead atoms. The van der Waals surface area contributed by atoms with Gasteiger partial charge in [0, 0.05) is 5.56 Å². The highest BCUT2D eigenvalue weighted by Crippen LogP contribution is 2.25. The van der Waals surface area contributed by atoms with E-state index in [0.29, 0.717) is 5.92 Å². The number of nitrogens with zero attached hydrogens (tertiary/aromatic N) is 2. The fourth-order valence-electron chi connectivity index (χ4n) is 1.92. The first-order chi connectivity index (χ1) is 7.50. The summed E-state index contributed by atoms with van der Waals surface area (Å²) in [7, 11) is 0. The molecule has 3 heteroatoms. The van der Waals surface area contributed by atoms with Crippen molar-refractivity contribution in [1.82, 2.24) is 9.61 Å². The highest BCUT2D eigenvalue weighted by Gasteiger charge is 2.13. The molecule has 0 aliphatic rings. The Kier molecular flexibility index (Phi) is 2.70. The number of hydrogen-bond donors (Lipinski definition) is 0. The molecule has 0 spiro atoms. The predicted molar refractivity (Wildman–Crippen MR) is 63.3 cm³/mol. The maximum atomic E-state index is 13.7. The molecule has 2 rings (SSSR count). The Bertz CT molecular complexity index is 512. The second kappa shape index (κ2) is 3.89. The summed E-state index contributed by atoms with van der Waals surface area (Å²) in [5.74, 6) is 0.420. The van der Waals surface area contributed by atoms with Crippen molar-refractivity contribution in [3.05, 3.63) is 35.4 Å². The minimum Gasteiger partial charge on any atom is -0.238 e. The van der Waals surface area contributed by atoms with Crippen LogP contribution in [0, 0.1) is 5.82 Å². The number of fused-ring (bicyclic) bond motifs is 1. The molecule has 0 amide bonds. The van der Waals surface area contributed by atoms with E-state index in [1.807, 2.05) is 26.1 Å². The molecule has 0 unspecified atom stereocenters. The Morgan fingerprint density at radius 3 is 2.31 bits per heavy atom. The van der Waals surface area contributed by atoms with Crippen molar-refractivity contribution >= 4 is 5.52 Å². The second-order valence-electron chi connectivity index (χ2n) is 4.82. The Morgan fingerprint density at radius 2 is 1.75 bits per heavy atom. The summed E-state index contributed by atoms with van der Waals surface area (Å²) in [4.78, 5) is 0. The first-order valence-corrected chi connectivity index (χ1v) is 5.67. The maximum Gasteiger partial charge on any atom is 0.145 e. The Hall–Kier alpha value is -1.38. The van der Waals surface area contributed by atoms with E-state index in [9.17, 15) is 4.39 Å². The van der Waals surface area contributed by atoms with Gasteiger partial charge in [0.15, 0.2) is 0 Å². The van der Waals surface area contributed by atoms with Crippen LogP contribution in [0.25, 0.3) is 5.52 Å². The van der Waals surface area contributed by atoms with E-state index in [2.05, 4.69) is 18.9 Å². The summed E-state index contributed by atoms with van der Waals surface area (Å²) < 4.78 is 15.3. The third-order valence-corrected chi connectivity index (χ3v) is 2.91. The van der Waals surface area contributed by atoms with Gasteiger partial charge < -0.3 is 0 Å². The SMILES string of the molecule is CC(C)c1cc2c(C(C)C)cnn2cc1F. The van der Waals surface area contributed by atoms with E-state index in [-0.39, 0.29) is 11.7 Å². The van der Waals surface area contributed by atoms with E-state index >= 15 is 0 Å². The van der Waals surface area contributed by atoms with Gasteiger partial charge in [-0.05, 0) is 23.5 Å². The van der Waals surface area contributed by atoms with Crippen LogP contribution in [0.15, 0.2) is 18.5 Å². The average Bonchev–Trinajstić information content (AvgIpc) is 2.58. The number of hydrogen-bond acceptors (Lipinski definition) is 1. The van der Waals surface area contributed by atoms with Crippen LogP contribution in [0.4, 0.5) is 4.39 Å². The summed E-state index contributed by atoms with van der Waals surface area (Å²) >= 11 is 0. The van der Waals surface area contributed by atoms with Crippen molar-refractivity contribution in [1.29, 1.82) is 0 Å². The van der Waals surface area contributed by atoms with Crippen molar-refractivity contribution in [2.24, 2.45) is 0 Å². The molecule has 2 heterocycles. The standard InChI is InChI=1S/C13H17FN2/c1-8(2)10-5-13-11(9(3)4)6-15-16(13)7-12(10)14/h5-9H,1-4H3. The predicted octanol–water partition coefficient (Wildman–Crippen LogP) is 3.72. The summed E-state index contributed by atoms with van der Waals surface area (Å²) in [6.45, 7) is 8.24. The topological polar surface area (TPSA) is 17.3 Å². The van der Waals surface area contributed by atoms with Crippen LogP contribution < -0.4 is 0 Å². The third-order valence-electron chi connectivity index (χ3n) is 2.91. The first kappa shape index (κ1) is 11.1. The third kappa shape index (κ3) is 1.70. The average molecular weight is 220 g/mol. The summed E-state index contributed by atoms with van der Waals surface area (Å²) in [6.07, 6.45) is 3.29. The highest BCUT2D eigenvalue weighted by molar-refractivity contribution is 5.57. The van der Waals surface area contributed by atoms with E-state index < -0.39 is 0 Å². The molecule has 2 aromatic heterocycles. The lowest BCUT2D eigenvalue weighted by Crippen LogP contribution is -1.98. The summed E-state index contributed by atoms with van der Waals surface area (Å²) in [5, 5.41) is 4.18. The fraction of sp³-hybridized carbons (Fsp3) is 0.462. The first-order valence-electron chi connectivity index (χ1n) is 5.67. The zero-order chi connectivity index (χ0) is 11.9. The monoisotopic (exact) mass is 220 g/mol. The molecule has 0 saturated heterocycles. The molecular weight excluding hydrogens is 203 g/mol. The van der Waals surface area contributed by atoms with Crippen molar-refractivity contribution in [2.75, 3.05) is 0 Å². The number of halogens is 1. The lowest BCUT2D eigenvalue weighted by Gasteiger charge is -2.09. The van der Waals surface area contributed by atoms with Gasteiger partial charge in [0.25, 0.3) is 0 Å². The second-order valence-corrected chi connectivity index (χ2v) is 4.82. The molecule has 0 fully saturated rings. The molecule has 0 aliphatic heterocycles. The van der Waals surface area contributed by atoms with E-state index in [4.69, 9.17) is 0 Å². The van der Waals surface area contributed by atoms with Crippen LogP contribution in [-0.2, 0) is 0 Å². The highest BCUT2D eigenvalue weighted by atomic mass is 19.1. The van der Waals surface area contributed by atoms with Gasteiger partial charge in [-0.25, -0.2) is 8.91 Å². The van der Waals surface area contributed by atoms with Crippen LogP contribution in [0.1, 0.15) is 50.7 Å². The van der Waals surface area contributed by atoms with Crippen molar-refractivity contribution in [3.63, 3.8) is 0 Å². The largest absolute Gasteiger partial charge is 0.238 e. The molecule has 16 heavy (non-hydrogen) atoms. The molecule has 0 radical (unpaired) electrons. The van der Waals surface area contributed by atoms with Crippen LogP contribution in [0.5, 0.6) is 0 Å². The lowest BCUT2D eigenvalue weighted by atomic mass is 10.0. The Morgan fingerprint density at radius 1 is 1.12 bits per heavy atom. The Labute approximate surface area is 95.1 Å². The van der Waals surface area contributed by atoms with Crippen LogP contribution >= 0.6 is 0 Å². The molecule has 2 nitrogen and oxygen atoms in total. The minimum absolute atomic E-state index is 0.180. The molecule has 0 aliphatic carbocycles. The van der Waals surface area contributed by atoms with Gasteiger partial charge in [0.05, 0.1) is 17.9 Å². The molecule has 0 aromatic carbocycles. The van der Waals surface area contributed by atoms with Crippen molar-refractivity contribution in [3.8, 4) is 0 Å². The van der Waals surface area contributed by atoms with Gasteiger partial charge in [-0.2, -0.15) is 5.10 Å². The Balaban J connectivity index is 2.69. The van der Waals surface area contributed by atoms with E-state index in [1.165, 1.54) is 11.8 Å². The maximum absolute atomic E-state index is 13.7. The number of rotatable bonds is 2. The summed E-state index contributed by atoms with van der Waals surface area (Å²) in [5.41, 5.74) is 2.94. The fourth-order valence-corrected chi connectivity index (χ4v) is 1.92. The van der Waals surface area contributed by atoms with Crippen molar-refractivity contribution in [2.45, 2.75) is 39.5 Å². The zero-order valence-electron chi connectivity index (χ0n) is 10.2. The molecule has 2 aromatic rings. The minimum atomic E-state index is -0.180. The van der Waals surface area contributed by atoms with Gasteiger partial charge >= 0.3 is 0 Å². The molecule has 0 atom stereocenters. The molecular formula is C13H17FN2. The molecule has 0 N–H and O–H groups in total. The molecule has 0 saturated carbocycles.